The van der Waals surface area contributed by atoms with Crippen LogP contribution in [0.5, 0.6) is 0 Å². The molecule has 7 nitrogen and oxygen atoms in total. The SMILES string of the molecule is CC(C)C(=O)OCCO[PH](=O)OCCOC(=O)C(C)C. The first-order valence-corrected chi connectivity index (χ1v) is 7.70. The molecule has 0 bridgehead atoms. The quantitative estimate of drug-likeness (QED) is 0.345. The van der Waals surface area contributed by atoms with Crippen LogP contribution >= 0.6 is 8.25 Å². The van der Waals surface area contributed by atoms with Crippen molar-refractivity contribution in [2.45, 2.75) is 27.7 Å². The summed E-state index contributed by atoms with van der Waals surface area (Å²) in [7, 11) is -2.66. The Morgan fingerprint density at radius 2 is 1.15 bits per heavy atom. The van der Waals surface area contributed by atoms with E-state index >= 15 is 0 Å². The molecule has 0 aromatic rings. The Kier molecular flexibility index (Phi) is 10.3. The lowest BCUT2D eigenvalue weighted by Gasteiger charge is -2.09. The van der Waals surface area contributed by atoms with Crippen LogP contribution in [0, 0.1) is 11.8 Å². The maximum absolute atomic E-state index is 11.3. The van der Waals surface area contributed by atoms with E-state index in [1.54, 1.807) is 27.7 Å². The fourth-order valence-corrected chi connectivity index (χ4v) is 1.49. The fraction of sp³-hybridized carbons (Fsp3) is 0.833. The molecule has 0 saturated heterocycles. The summed E-state index contributed by atoms with van der Waals surface area (Å²) in [5.74, 6) is -1.09. The van der Waals surface area contributed by atoms with Crippen LogP contribution in [-0.2, 0) is 32.7 Å². The molecule has 0 aliphatic rings. The van der Waals surface area contributed by atoms with Gasteiger partial charge in [-0.2, -0.15) is 0 Å². The Hall–Kier alpha value is -0.910. The number of rotatable bonds is 10. The van der Waals surface area contributed by atoms with Gasteiger partial charge >= 0.3 is 20.2 Å². The van der Waals surface area contributed by atoms with Crippen molar-refractivity contribution < 1.29 is 32.7 Å². The van der Waals surface area contributed by atoms with Gasteiger partial charge in [0.2, 0.25) is 0 Å². The van der Waals surface area contributed by atoms with Gasteiger partial charge in [-0.05, 0) is 0 Å². The van der Waals surface area contributed by atoms with Gasteiger partial charge in [-0.15, -0.1) is 0 Å². The minimum Gasteiger partial charge on any atom is -0.463 e. The van der Waals surface area contributed by atoms with Gasteiger partial charge in [-0.1, -0.05) is 27.7 Å². The largest absolute Gasteiger partial charge is 0.463 e. The lowest BCUT2D eigenvalue weighted by molar-refractivity contribution is -0.148. The van der Waals surface area contributed by atoms with Crippen LogP contribution in [0.15, 0.2) is 0 Å². The van der Waals surface area contributed by atoms with E-state index in [1.165, 1.54) is 0 Å². The summed E-state index contributed by atoms with van der Waals surface area (Å²) in [6, 6.07) is 0. The summed E-state index contributed by atoms with van der Waals surface area (Å²) in [5, 5.41) is 0. The van der Waals surface area contributed by atoms with Crippen LogP contribution in [0.2, 0.25) is 0 Å². The molecule has 118 valence electrons. The van der Waals surface area contributed by atoms with Gasteiger partial charge in [-0.25, -0.2) is 0 Å². The van der Waals surface area contributed by atoms with E-state index in [9.17, 15) is 14.2 Å². The lowest BCUT2D eigenvalue weighted by atomic mass is 10.2. The third-order valence-electron chi connectivity index (χ3n) is 2.04. The Morgan fingerprint density at radius 3 is 1.45 bits per heavy atom. The fourth-order valence-electron chi connectivity index (χ4n) is 0.910. The molecular formula is C12H23O7P. The zero-order valence-corrected chi connectivity index (χ0v) is 13.3. The van der Waals surface area contributed by atoms with Gasteiger partial charge in [-0.3, -0.25) is 14.2 Å². The highest BCUT2D eigenvalue weighted by atomic mass is 31.1. The first kappa shape index (κ1) is 19.1. The minimum atomic E-state index is -2.66. The van der Waals surface area contributed by atoms with E-state index in [1.807, 2.05) is 0 Å². The average molecular weight is 310 g/mol. The van der Waals surface area contributed by atoms with Gasteiger partial charge in [0, 0.05) is 0 Å². The number of hydrogen-bond acceptors (Lipinski definition) is 7. The molecule has 8 heteroatoms. The highest BCUT2D eigenvalue weighted by Gasteiger charge is 2.09. The normalized spacial score (nSPS) is 11.2. The zero-order chi connectivity index (χ0) is 15.5. The van der Waals surface area contributed by atoms with Crippen molar-refractivity contribution in [3.05, 3.63) is 0 Å². The van der Waals surface area contributed by atoms with Crippen molar-refractivity contribution >= 4 is 20.2 Å². The average Bonchev–Trinajstić information content (AvgIpc) is 2.38. The molecule has 0 aliphatic heterocycles. The summed E-state index contributed by atoms with van der Waals surface area (Å²) in [6.07, 6.45) is 0. The molecule has 0 saturated carbocycles. The second-order valence-electron chi connectivity index (χ2n) is 4.59. The Balaban J connectivity index is 3.51. The summed E-state index contributed by atoms with van der Waals surface area (Å²) in [5.41, 5.74) is 0. The number of carbonyl (C=O) groups excluding carboxylic acids is 2. The first-order chi connectivity index (χ1) is 9.34. The van der Waals surface area contributed by atoms with Crippen molar-refractivity contribution in [2.24, 2.45) is 11.8 Å². The molecule has 20 heavy (non-hydrogen) atoms. The second kappa shape index (κ2) is 10.8. The van der Waals surface area contributed by atoms with E-state index in [0.29, 0.717) is 0 Å². The smallest absolute Gasteiger partial charge is 0.319 e. The van der Waals surface area contributed by atoms with E-state index in [4.69, 9.17) is 18.5 Å². The van der Waals surface area contributed by atoms with Crippen molar-refractivity contribution in [3.8, 4) is 0 Å². The van der Waals surface area contributed by atoms with Crippen LogP contribution in [0.1, 0.15) is 27.7 Å². The predicted octanol–water partition coefficient (Wildman–Crippen LogP) is 1.81. The molecular weight excluding hydrogens is 287 g/mol. The van der Waals surface area contributed by atoms with Crippen LogP contribution in [-0.4, -0.2) is 38.4 Å². The Bertz CT molecular complexity index is 298. The van der Waals surface area contributed by atoms with Crippen molar-refractivity contribution in [2.75, 3.05) is 26.4 Å². The number of hydrogen-bond donors (Lipinski definition) is 0. The maximum atomic E-state index is 11.3. The van der Waals surface area contributed by atoms with Crippen molar-refractivity contribution in [3.63, 3.8) is 0 Å². The highest BCUT2D eigenvalue weighted by molar-refractivity contribution is 7.33. The topological polar surface area (TPSA) is 88.1 Å². The molecule has 0 N–H and O–H groups in total. The number of carbonyl (C=O) groups is 2. The van der Waals surface area contributed by atoms with Crippen molar-refractivity contribution in [1.29, 1.82) is 0 Å². The molecule has 0 fully saturated rings. The molecule has 0 spiro atoms. The van der Waals surface area contributed by atoms with Crippen molar-refractivity contribution in [1.82, 2.24) is 0 Å². The van der Waals surface area contributed by atoms with E-state index in [-0.39, 0.29) is 50.2 Å². The third-order valence-corrected chi connectivity index (χ3v) is 2.92. The van der Waals surface area contributed by atoms with E-state index < -0.39 is 8.25 Å². The van der Waals surface area contributed by atoms with Crippen LogP contribution < -0.4 is 0 Å². The standard InChI is InChI=1S/C12H23O7P/c1-9(2)11(13)16-5-7-18-20(15)19-8-6-17-12(14)10(3)4/h9-10,20H,5-8H2,1-4H3. The molecule has 0 aromatic heterocycles. The molecule has 0 amide bonds. The molecule has 0 aliphatic carbocycles. The minimum absolute atomic E-state index is 0.00202. The van der Waals surface area contributed by atoms with Gasteiger partial charge < -0.3 is 18.5 Å². The summed E-state index contributed by atoms with van der Waals surface area (Å²) in [6.45, 7) is 6.92. The summed E-state index contributed by atoms with van der Waals surface area (Å²) >= 11 is 0. The van der Waals surface area contributed by atoms with Crippen LogP contribution in [0.25, 0.3) is 0 Å². The van der Waals surface area contributed by atoms with Crippen LogP contribution in [0.3, 0.4) is 0 Å². The zero-order valence-electron chi connectivity index (χ0n) is 12.3. The van der Waals surface area contributed by atoms with E-state index in [2.05, 4.69) is 0 Å². The molecule has 0 rings (SSSR count). The molecule has 0 heterocycles. The second-order valence-corrected chi connectivity index (χ2v) is 5.67. The Morgan fingerprint density at radius 1 is 0.800 bits per heavy atom. The van der Waals surface area contributed by atoms with E-state index in [0.717, 1.165) is 0 Å². The van der Waals surface area contributed by atoms with Gasteiger partial charge in [0.15, 0.2) is 0 Å². The molecule has 0 atom stereocenters. The molecule has 0 aromatic carbocycles. The van der Waals surface area contributed by atoms with Gasteiger partial charge in [0.25, 0.3) is 0 Å². The Labute approximate surface area is 119 Å². The van der Waals surface area contributed by atoms with Gasteiger partial charge in [0.05, 0.1) is 25.0 Å². The monoisotopic (exact) mass is 310 g/mol. The summed E-state index contributed by atoms with van der Waals surface area (Å²) in [4.78, 5) is 22.2. The molecule has 0 unspecified atom stereocenters. The highest BCUT2D eigenvalue weighted by Crippen LogP contribution is 2.22. The maximum Gasteiger partial charge on any atom is 0.319 e. The number of ether oxygens (including phenoxy) is 2. The third kappa shape index (κ3) is 9.95. The van der Waals surface area contributed by atoms with Gasteiger partial charge in [0.1, 0.15) is 13.2 Å². The lowest BCUT2D eigenvalue weighted by Crippen LogP contribution is -2.15. The molecule has 0 radical (unpaired) electrons. The van der Waals surface area contributed by atoms with Crippen LogP contribution in [0.4, 0.5) is 0 Å². The predicted molar refractivity (Wildman–Crippen MR) is 72.5 cm³/mol. The number of esters is 2. The summed E-state index contributed by atoms with van der Waals surface area (Å²) < 4.78 is 30.6. The first-order valence-electron chi connectivity index (χ1n) is 6.47.